The molecular formula is C27H49I. The Morgan fingerprint density at radius 2 is 1.86 bits per heavy atom. The average Bonchev–Trinajstić information content (AvgIpc) is 2.97. The molecule has 0 aromatic carbocycles. The standard InChI is InChI=1S/C27H49I/c1-7-10-25-20-28(6)18-17-27(25,5)24-15-16-26(4)22(13-14-23(26)19-24)12-9-8-11-21(2)3/h10,21-24H,7-9,11-20H2,1-6H3/b25-10-. The number of allylic oxidation sites excluding steroid dienone is 2. The van der Waals surface area contributed by atoms with Gasteiger partial charge < -0.3 is 0 Å². The third kappa shape index (κ3) is 4.86. The minimum absolute atomic E-state index is 0.552. The molecule has 1 heterocycles. The minimum atomic E-state index is -0.634. The molecule has 3 fully saturated rings. The number of unbranched alkanes of at least 4 members (excludes halogenated alkanes) is 1. The molecule has 0 bridgehead atoms. The number of hydrogen-bond donors (Lipinski definition) is 0. The zero-order valence-electron chi connectivity index (χ0n) is 20.0. The van der Waals surface area contributed by atoms with Crippen LogP contribution in [0.3, 0.4) is 0 Å². The summed E-state index contributed by atoms with van der Waals surface area (Å²) in [7, 11) is 0. The van der Waals surface area contributed by atoms with Crippen molar-refractivity contribution in [3.05, 3.63) is 11.6 Å². The van der Waals surface area contributed by atoms with Gasteiger partial charge in [-0.2, -0.15) is 0 Å². The summed E-state index contributed by atoms with van der Waals surface area (Å²) in [5.74, 6) is 3.92. The monoisotopic (exact) mass is 500 g/mol. The van der Waals surface area contributed by atoms with Gasteiger partial charge in [-0.3, -0.25) is 0 Å². The fourth-order valence-corrected chi connectivity index (χ4v) is 12.1. The summed E-state index contributed by atoms with van der Waals surface area (Å²) < 4.78 is 3.14. The molecule has 2 aliphatic carbocycles. The van der Waals surface area contributed by atoms with Gasteiger partial charge in [-0.1, -0.05) is 13.8 Å². The van der Waals surface area contributed by atoms with Crippen LogP contribution in [-0.4, -0.2) is 13.8 Å². The Morgan fingerprint density at radius 1 is 1.07 bits per heavy atom. The van der Waals surface area contributed by atoms with Crippen LogP contribution in [0.1, 0.15) is 105 Å². The molecule has 0 amide bonds. The van der Waals surface area contributed by atoms with Gasteiger partial charge in [0.25, 0.3) is 0 Å². The zero-order chi connectivity index (χ0) is 20.4. The van der Waals surface area contributed by atoms with E-state index in [9.17, 15) is 0 Å². The predicted molar refractivity (Wildman–Crippen MR) is 136 cm³/mol. The average molecular weight is 501 g/mol. The number of rotatable bonds is 7. The van der Waals surface area contributed by atoms with Crippen molar-refractivity contribution in [2.45, 2.75) is 105 Å². The van der Waals surface area contributed by atoms with E-state index in [0.717, 1.165) is 23.7 Å². The molecule has 0 radical (unpaired) electrons. The van der Waals surface area contributed by atoms with Crippen LogP contribution in [0.5, 0.6) is 0 Å². The second-order valence-electron chi connectivity index (χ2n) is 11.5. The van der Waals surface area contributed by atoms with Crippen LogP contribution in [0, 0.1) is 34.5 Å². The van der Waals surface area contributed by atoms with Crippen molar-refractivity contribution >= 4 is 19.8 Å². The van der Waals surface area contributed by atoms with Crippen molar-refractivity contribution in [2.75, 3.05) is 13.8 Å². The van der Waals surface area contributed by atoms with Crippen LogP contribution in [0.2, 0.25) is 0 Å². The summed E-state index contributed by atoms with van der Waals surface area (Å²) in [6, 6.07) is 0. The van der Waals surface area contributed by atoms with E-state index >= 15 is 0 Å². The molecule has 0 spiro atoms. The first kappa shape index (κ1) is 23.1. The molecular weight excluding hydrogens is 451 g/mol. The third-order valence-electron chi connectivity index (χ3n) is 9.31. The summed E-state index contributed by atoms with van der Waals surface area (Å²) in [4.78, 5) is 2.63. The normalized spacial score (nSPS) is 41.6. The van der Waals surface area contributed by atoms with E-state index < -0.39 is 19.8 Å². The molecule has 1 heteroatoms. The third-order valence-corrected chi connectivity index (χ3v) is 13.8. The number of alkyl halides is 3. The van der Waals surface area contributed by atoms with Crippen molar-refractivity contribution in [2.24, 2.45) is 34.5 Å². The van der Waals surface area contributed by atoms with Gasteiger partial charge in [-0.05, 0) is 5.92 Å². The molecule has 3 rings (SSSR count). The molecule has 0 aromatic rings. The van der Waals surface area contributed by atoms with Crippen LogP contribution in [-0.2, 0) is 0 Å². The number of fused-ring (bicyclic) bond motifs is 1. The topological polar surface area (TPSA) is 0 Å². The Hall–Kier alpha value is 0.470. The van der Waals surface area contributed by atoms with E-state index in [0.29, 0.717) is 10.8 Å². The Labute approximate surface area is 184 Å². The summed E-state index contributed by atoms with van der Waals surface area (Å²) in [5, 5.41) is 0. The quantitative estimate of drug-likeness (QED) is 0.142. The SMILES string of the molecule is CC/C=C1/CI(C)CCC1(C)C1CCC2(C)C(CCCCC(C)C)CCC2C1. The second kappa shape index (κ2) is 9.73. The Morgan fingerprint density at radius 3 is 2.57 bits per heavy atom. The summed E-state index contributed by atoms with van der Waals surface area (Å²) >= 11 is -0.634. The first-order valence-electron chi connectivity index (χ1n) is 12.5. The molecule has 2 saturated carbocycles. The van der Waals surface area contributed by atoms with E-state index in [4.69, 9.17) is 0 Å². The van der Waals surface area contributed by atoms with Gasteiger partial charge in [0.2, 0.25) is 0 Å². The predicted octanol–water partition coefficient (Wildman–Crippen LogP) is 8.92. The number of hydrogen-bond acceptors (Lipinski definition) is 0. The van der Waals surface area contributed by atoms with Gasteiger partial charge in [-0.25, -0.2) is 0 Å². The van der Waals surface area contributed by atoms with E-state index in [1.165, 1.54) is 68.6 Å². The molecule has 164 valence electrons. The van der Waals surface area contributed by atoms with Gasteiger partial charge in [0.05, 0.1) is 0 Å². The molecule has 0 aromatic heterocycles. The molecule has 0 N–H and O–H groups in total. The molecule has 5 unspecified atom stereocenters. The van der Waals surface area contributed by atoms with Gasteiger partial charge in [0.15, 0.2) is 0 Å². The van der Waals surface area contributed by atoms with Gasteiger partial charge >= 0.3 is 165 Å². The molecule has 3 aliphatic rings. The first-order chi connectivity index (χ1) is 13.3. The zero-order valence-corrected chi connectivity index (χ0v) is 22.1. The van der Waals surface area contributed by atoms with Crippen LogP contribution < -0.4 is 0 Å². The Kier molecular flexibility index (Phi) is 8.04. The van der Waals surface area contributed by atoms with Crippen LogP contribution in [0.25, 0.3) is 0 Å². The van der Waals surface area contributed by atoms with E-state index in [1.54, 1.807) is 10.8 Å². The molecule has 1 aliphatic heterocycles. The van der Waals surface area contributed by atoms with E-state index in [2.05, 4.69) is 45.6 Å². The summed E-state index contributed by atoms with van der Waals surface area (Å²) in [5.41, 5.74) is 3.14. The first-order valence-corrected chi connectivity index (χ1v) is 17.7. The molecule has 5 atom stereocenters. The van der Waals surface area contributed by atoms with Gasteiger partial charge in [-0.15, -0.1) is 0 Å². The fraction of sp³-hybridized carbons (Fsp3) is 0.926. The Balaban J connectivity index is 1.62. The fourth-order valence-electron chi connectivity index (χ4n) is 7.12. The second-order valence-corrected chi connectivity index (χ2v) is 17.4. The van der Waals surface area contributed by atoms with Crippen molar-refractivity contribution in [1.82, 2.24) is 0 Å². The van der Waals surface area contributed by atoms with Crippen molar-refractivity contribution in [3.63, 3.8) is 0 Å². The van der Waals surface area contributed by atoms with Crippen LogP contribution in [0.4, 0.5) is 0 Å². The van der Waals surface area contributed by atoms with Crippen molar-refractivity contribution in [3.8, 4) is 0 Å². The van der Waals surface area contributed by atoms with Gasteiger partial charge in [0.1, 0.15) is 0 Å². The molecule has 1 saturated heterocycles. The molecule has 0 nitrogen and oxygen atoms in total. The van der Waals surface area contributed by atoms with Crippen molar-refractivity contribution in [1.29, 1.82) is 0 Å². The summed E-state index contributed by atoms with van der Waals surface area (Å²) in [6.07, 6.45) is 19.0. The summed E-state index contributed by atoms with van der Waals surface area (Å²) in [6.45, 7) is 12.5. The number of halogens is 1. The van der Waals surface area contributed by atoms with Crippen LogP contribution >= 0.6 is 19.8 Å². The Bertz CT molecular complexity index is 534. The van der Waals surface area contributed by atoms with Crippen molar-refractivity contribution < 1.29 is 0 Å². The maximum absolute atomic E-state index is 2.70. The molecule has 28 heavy (non-hydrogen) atoms. The maximum atomic E-state index is 2.70. The van der Waals surface area contributed by atoms with E-state index in [1.807, 2.05) is 5.57 Å². The van der Waals surface area contributed by atoms with Gasteiger partial charge in [0, 0.05) is 0 Å². The van der Waals surface area contributed by atoms with E-state index in [-0.39, 0.29) is 0 Å². The van der Waals surface area contributed by atoms with Crippen LogP contribution in [0.15, 0.2) is 11.6 Å².